The Morgan fingerprint density at radius 3 is 3.05 bits per heavy atom. The van der Waals surface area contributed by atoms with E-state index in [1.54, 1.807) is 10.9 Å². The Morgan fingerprint density at radius 1 is 1.37 bits per heavy atom. The van der Waals surface area contributed by atoms with Gasteiger partial charge in [0.05, 0.1) is 23.8 Å². The third-order valence-electron chi connectivity index (χ3n) is 3.58. The quantitative estimate of drug-likeness (QED) is 0.903. The predicted octanol–water partition coefficient (Wildman–Crippen LogP) is 1.42. The fraction of sp³-hybridized carbons (Fsp3) is 0.500. The highest BCUT2D eigenvalue weighted by Gasteiger charge is 2.14. The molecule has 1 N–H and O–H groups in total. The van der Waals surface area contributed by atoms with Gasteiger partial charge < -0.3 is 5.32 Å². The Labute approximate surface area is 113 Å². The minimum absolute atomic E-state index is 0.687. The van der Waals surface area contributed by atoms with E-state index in [1.165, 1.54) is 12.8 Å². The Morgan fingerprint density at radius 2 is 2.32 bits per heavy atom. The van der Waals surface area contributed by atoms with Crippen molar-refractivity contribution in [2.24, 2.45) is 13.0 Å². The summed E-state index contributed by atoms with van der Waals surface area (Å²) in [6, 6.07) is 0. The van der Waals surface area contributed by atoms with E-state index < -0.39 is 0 Å². The molecule has 0 saturated carbocycles. The number of hydrogen-bond donors (Lipinski definition) is 1. The van der Waals surface area contributed by atoms with Crippen LogP contribution in [0.25, 0.3) is 11.3 Å². The first-order valence-corrected chi connectivity index (χ1v) is 6.82. The number of nitrogens with one attached hydrogen (secondary N) is 1. The normalized spacial score (nSPS) is 19.5. The molecule has 0 aliphatic carbocycles. The smallest absolute Gasteiger partial charge is 0.0920 e. The average Bonchev–Trinajstić information content (AvgIpc) is 2.87. The van der Waals surface area contributed by atoms with Gasteiger partial charge in [-0.1, -0.05) is 0 Å². The van der Waals surface area contributed by atoms with Crippen LogP contribution in [0.4, 0.5) is 0 Å². The molecule has 2 aromatic heterocycles. The predicted molar refractivity (Wildman–Crippen MR) is 73.5 cm³/mol. The van der Waals surface area contributed by atoms with Crippen molar-refractivity contribution >= 4 is 0 Å². The van der Waals surface area contributed by atoms with Crippen LogP contribution in [-0.4, -0.2) is 32.8 Å². The minimum Gasteiger partial charge on any atom is -0.316 e. The number of nitrogens with zero attached hydrogens (tertiary/aromatic N) is 4. The summed E-state index contributed by atoms with van der Waals surface area (Å²) in [5, 5.41) is 7.62. The van der Waals surface area contributed by atoms with Crippen molar-refractivity contribution in [3.63, 3.8) is 0 Å². The van der Waals surface area contributed by atoms with Gasteiger partial charge in [0.1, 0.15) is 0 Å². The lowest BCUT2D eigenvalue weighted by Gasteiger charge is -2.22. The molecular formula is C14H19N5. The van der Waals surface area contributed by atoms with Gasteiger partial charge in [0.2, 0.25) is 0 Å². The molecule has 0 radical (unpaired) electrons. The Hall–Kier alpha value is -1.75. The second kappa shape index (κ2) is 5.48. The van der Waals surface area contributed by atoms with E-state index in [0.29, 0.717) is 5.92 Å². The molecule has 5 heteroatoms. The van der Waals surface area contributed by atoms with Gasteiger partial charge in [-0.25, -0.2) is 4.98 Å². The van der Waals surface area contributed by atoms with E-state index in [9.17, 15) is 0 Å². The molecule has 0 spiro atoms. The molecule has 1 aliphatic rings. The van der Waals surface area contributed by atoms with Crippen LogP contribution < -0.4 is 5.32 Å². The molecule has 1 aliphatic heterocycles. The van der Waals surface area contributed by atoms with Crippen LogP contribution in [0.1, 0.15) is 18.5 Å². The largest absolute Gasteiger partial charge is 0.316 e. The Bertz CT molecular complexity index is 542. The third-order valence-corrected chi connectivity index (χ3v) is 3.58. The number of aromatic nitrogens is 4. The molecule has 100 valence electrons. The van der Waals surface area contributed by atoms with Gasteiger partial charge in [0.25, 0.3) is 0 Å². The highest BCUT2D eigenvalue weighted by molar-refractivity contribution is 5.55. The van der Waals surface area contributed by atoms with Gasteiger partial charge >= 0.3 is 0 Å². The molecule has 3 rings (SSSR count). The summed E-state index contributed by atoms with van der Waals surface area (Å²) < 4.78 is 1.79. The summed E-state index contributed by atoms with van der Waals surface area (Å²) in [6.07, 6.45) is 11.0. The topological polar surface area (TPSA) is 55.6 Å². The Balaban J connectivity index is 1.75. The second-order valence-electron chi connectivity index (χ2n) is 5.21. The third kappa shape index (κ3) is 2.98. The standard InChI is InChI=1S/C14H19N5/c1-19-10-12(7-17-19)14-9-16-8-13(18-14)5-11-3-2-4-15-6-11/h7-11,15H,2-6H2,1H3/t11-/m0/s1. The summed E-state index contributed by atoms with van der Waals surface area (Å²) in [5.74, 6) is 0.687. The molecule has 0 unspecified atom stereocenters. The molecule has 0 amide bonds. The molecule has 1 saturated heterocycles. The van der Waals surface area contributed by atoms with Crippen molar-refractivity contribution in [1.82, 2.24) is 25.1 Å². The first kappa shape index (κ1) is 12.3. The molecule has 19 heavy (non-hydrogen) atoms. The lowest BCUT2D eigenvalue weighted by molar-refractivity contribution is 0.373. The maximum Gasteiger partial charge on any atom is 0.0920 e. The van der Waals surface area contributed by atoms with Crippen molar-refractivity contribution in [3.05, 3.63) is 30.5 Å². The van der Waals surface area contributed by atoms with Crippen LogP contribution in [-0.2, 0) is 13.5 Å². The van der Waals surface area contributed by atoms with Gasteiger partial charge in [0, 0.05) is 25.0 Å². The number of aryl methyl sites for hydroxylation is 1. The molecule has 1 atom stereocenters. The van der Waals surface area contributed by atoms with Crippen molar-refractivity contribution in [1.29, 1.82) is 0 Å². The summed E-state index contributed by atoms with van der Waals surface area (Å²) >= 11 is 0. The zero-order valence-electron chi connectivity index (χ0n) is 11.2. The molecule has 3 heterocycles. The van der Waals surface area contributed by atoms with Crippen LogP contribution >= 0.6 is 0 Å². The molecule has 0 aromatic carbocycles. The molecule has 5 nitrogen and oxygen atoms in total. The first-order valence-electron chi connectivity index (χ1n) is 6.82. The zero-order valence-corrected chi connectivity index (χ0v) is 11.2. The fourth-order valence-electron chi connectivity index (χ4n) is 2.59. The first-order chi connectivity index (χ1) is 9.31. The van der Waals surface area contributed by atoms with Gasteiger partial charge in [-0.2, -0.15) is 5.10 Å². The van der Waals surface area contributed by atoms with Crippen LogP contribution in [0.2, 0.25) is 0 Å². The highest BCUT2D eigenvalue weighted by atomic mass is 15.2. The van der Waals surface area contributed by atoms with E-state index in [0.717, 1.165) is 36.5 Å². The maximum atomic E-state index is 4.71. The summed E-state index contributed by atoms with van der Waals surface area (Å²) in [6.45, 7) is 2.25. The van der Waals surface area contributed by atoms with E-state index in [4.69, 9.17) is 4.98 Å². The van der Waals surface area contributed by atoms with E-state index in [1.807, 2.05) is 25.6 Å². The molecule has 1 fully saturated rings. The van der Waals surface area contributed by atoms with Crippen LogP contribution in [0.5, 0.6) is 0 Å². The Kier molecular flexibility index (Phi) is 3.55. The number of rotatable bonds is 3. The molecule has 0 bridgehead atoms. The second-order valence-corrected chi connectivity index (χ2v) is 5.21. The van der Waals surface area contributed by atoms with Crippen molar-refractivity contribution < 1.29 is 0 Å². The van der Waals surface area contributed by atoms with Crippen molar-refractivity contribution in [3.8, 4) is 11.3 Å². The SMILES string of the molecule is Cn1cc(-c2cncc(C[C@@H]3CCCNC3)n2)cn1. The number of hydrogen-bond acceptors (Lipinski definition) is 4. The average molecular weight is 257 g/mol. The van der Waals surface area contributed by atoms with E-state index in [-0.39, 0.29) is 0 Å². The fourth-order valence-corrected chi connectivity index (χ4v) is 2.59. The van der Waals surface area contributed by atoms with Gasteiger partial charge in [0.15, 0.2) is 0 Å². The van der Waals surface area contributed by atoms with Gasteiger partial charge in [-0.3, -0.25) is 9.67 Å². The van der Waals surface area contributed by atoms with E-state index >= 15 is 0 Å². The van der Waals surface area contributed by atoms with Gasteiger partial charge in [-0.15, -0.1) is 0 Å². The minimum atomic E-state index is 0.687. The lowest BCUT2D eigenvalue weighted by Crippen LogP contribution is -2.31. The summed E-state index contributed by atoms with van der Waals surface area (Å²) in [7, 11) is 1.91. The number of piperidine rings is 1. The lowest BCUT2D eigenvalue weighted by atomic mass is 9.95. The summed E-state index contributed by atoms with van der Waals surface area (Å²) in [4.78, 5) is 9.02. The zero-order chi connectivity index (χ0) is 13.1. The highest BCUT2D eigenvalue weighted by Crippen LogP contribution is 2.18. The van der Waals surface area contributed by atoms with Gasteiger partial charge in [-0.05, 0) is 38.3 Å². The van der Waals surface area contributed by atoms with Crippen LogP contribution in [0.15, 0.2) is 24.8 Å². The summed E-state index contributed by atoms with van der Waals surface area (Å²) in [5.41, 5.74) is 3.02. The monoisotopic (exact) mass is 257 g/mol. The van der Waals surface area contributed by atoms with Crippen molar-refractivity contribution in [2.45, 2.75) is 19.3 Å². The van der Waals surface area contributed by atoms with Crippen LogP contribution in [0.3, 0.4) is 0 Å². The molecule has 2 aromatic rings. The maximum absolute atomic E-state index is 4.71. The van der Waals surface area contributed by atoms with Crippen LogP contribution in [0, 0.1) is 5.92 Å². The molecular weight excluding hydrogens is 238 g/mol. The van der Waals surface area contributed by atoms with Crippen molar-refractivity contribution in [2.75, 3.05) is 13.1 Å². The van der Waals surface area contributed by atoms with E-state index in [2.05, 4.69) is 15.4 Å².